The zero-order valence-electron chi connectivity index (χ0n) is 13.0. The van der Waals surface area contributed by atoms with Crippen LogP contribution in [0.5, 0.6) is 0 Å². The van der Waals surface area contributed by atoms with E-state index in [1.807, 2.05) is 6.26 Å². The molecule has 0 fully saturated rings. The van der Waals surface area contributed by atoms with Crippen LogP contribution in [0, 0.1) is 0 Å². The summed E-state index contributed by atoms with van der Waals surface area (Å²) in [6.07, 6.45) is 13.3. The van der Waals surface area contributed by atoms with E-state index in [1.165, 1.54) is 48.6 Å². The summed E-state index contributed by atoms with van der Waals surface area (Å²) in [5.41, 5.74) is 4.63. The molecule has 0 radical (unpaired) electrons. The van der Waals surface area contributed by atoms with Crippen molar-refractivity contribution in [3.63, 3.8) is 0 Å². The van der Waals surface area contributed by atoms with Gasteiger partial charge < -0.3 is 0 Å². The van der Waals surface area contributed by atoms with Gasteiger partial charge in [0.05, 0.1) is 16.9 Å². The molecule has 0 aromatic carbocycles. The summed E-state index contributed by atoms with van der Waals surface area (Å²) in [7, 11) is 0. The van der Waals surface area contributed by atoms with Crippen LogP contribution in [0.15, 0.2) is 22.4 Å². The van der Waals surface area contributed by atoms with Gasteiger partial charge >= 0.3 is 0 Å². The smallest absolute Gasteiger partial charge is 0.209 e. The Balaban J connectivity index is 2.06. The van der Waals surface area contributed by atoms with E-state index in [4.69, 9.17) is 4.98 Å². The molecule has 2 heterocycles. The van der Waals surface area contributed by atoms with Gasteiger partial charge in [-0.1, -0.05) is 24.6 Å². The van der Waals surface area contributed by atoms with Crippen molar-refractivity contribution >= 4 is 23.5 Å². The topological polar surface area (TPSA) is 51.6 Å². The normalized spacial score (nSPS) is 15.0. The Morgan fingerprint density at radius 3 is 2.50 bits per heavy atom. The number of fused-ring (bicyclic) bond motifs is 1. The third kappa shape index (κ3) is 3.43. The molecule has 1 aliphatic carbocycles. The molecule has 0 unspecified atom stereocenters. The molecule has 4 nitrogen and oxygen atoms in total. The van der Waals surface area contributed by atoms with Gasteiger partial charge in [-0.25, -0.2) is 9.97 Å². The van der Waals surface area contributed by atoms with Crippen molar-refractivity contribution in [2.45, 2.75) is 48.7 Å². The molecule has 116 valence electrons. The molecule has 0 atom stereocenters. The lowest BCUT2D eigenvalue weighted by atomic mass is 9.94. The van der Waals surface area contributed by atoms with E-state index in [-0.39, 0.29) is 0 Å². The van der Waals surface area contributed by atoms with Crippen LogP contribution >= 0.6 is 23.5 Å². The average Bonchev–Trinajstić information content (AvgIpc) is 2.54. The fraction of sp³-hybridized carbons (Fsp3) is 0.500. The molecule has 0 saturated heterocycles. The minimum atomic E-state index is 0.691. The van der Waals surface area contributed by atoms with Gasteiger partial charge in [-0.2, -0.15) is 5.10 Å². The second-order valence-electron chi connectivity index (χ2n) is 5.40. The van der Waals surface area contributed by atoms with Crippen LogP contribution in [0.4, 0.5) is 0 Å². The number of aromatic nitrogens is 4. The lowest BCUT2D eigenvalue weighted by Crippen LogP contribution is -2.05. The van der Waals surface area contributed by atoms with E-state index in [2.05, 4.69) is 27.5 Å². The fourth-order valence-electron chi connectivity index (χ4n) is 2.86. The van der Waals surface area contributed by atoms with Crippen LogP contribution in [-0.4, -0.2) is 32.7 Å². The lowest BCUT2D eigenvalue weighted by molar-refractivity contribution is 0.609. The van der Waals surface area contributed by atoms with Gasteiger partial charge in [0.15, 0.2) is 0 Å². The first-order chi connectivity index (χ1) is 10.8. The molecule has 0 N–H and O–H groups in total. The highest BCUT2D eigenvalue weighted by atomic mass is 32.2. The van der Waals surface area contributed by atoms with Crippen molar-refractivity contribution in [3.05, 3.63) is 23.4 Å². The summed E-state index contributed by atoms with van der Waals surface area (Å²) >= 11 is 3.24. The Morgan fingerprint density at radius 2 is 1.73 bits per heavy atom. The SMILES string of the molecule is CSc1nncc(-c2cc3c(c(SC)n2)CCCCCC3)n1. The first-order valence-electron chi connectivity index (χ1n) is 7.62. The minimum Gasteiger partial charge on any atom is -0.239 e. The van der Waals surface area contributed by atoms with Crippen LogP contribution in [-0.2, 0) is 12.8 Å². The monoisotopic (exact) mass is 332 g/mol. The molecule has 1 aliphatic rings. The number of thioether (sulfide) groups is 2. The first-order valence-corrected chi connectivity index (χ1v) is 10.1. The Kier molecular flexibility index (Phi) is 5.31. The third-order valence-corrected chi connectivity index (χ3v) is 5.24. The summed E-state index contributed by atoms with van der Waals surface area (Å²) in [5, 5.41) is 9.91. The van der Waals surface area contributed by atoms with Crippen molar-refractivity contribution in [1.29, 1.82) is 0 Å². The molecule has 3 rings (SSSR count). The average molecular weight is 332 g/mol. The molecule has 2 aromatic heterocycles. The number of hydrogen-bond donors (Lipinski definition) is 0. The Bertz CT molecular complexity index is 661. The predicted molar refractivity (Wildman–Crippen MR) is 92.5 cm³/mol. The minimum absolute atomic E-state index is 0.691. The van der Waals surface area contributed by atoms with Crippen molar-refractivity contribution in [3.8, 4) is 11.4 Å². The predicted octanol–water partition coefficient (Wildman–Crippen LogP) is 4.04. The molecule has 0 saturated carbocycles. The summed E-state index contributed by atoms with van der Waals surface area (Å²) in [5.74, 6) is 0. The highest BCUT2D eigenvalue weighted by molar-refractivity contribution is 7.98. The molecule has 0 spiro atoms. The number of pyridine rings is 1. The maximum Gasteiger partial charge on any atom is 0.209 e. The van der Waals surface area contributed by atoms with Crippen LogP contribution in [0.1, 0.15) is 36.8 Å². The van der Waals surface area contributed by atoms with Crippen molar-refractivity contribution in [1.82, 2.24) is 20.2 Å². The molecular weight excluding hydrogens is 312 g/mol. The zero-order valence-corrected chi connectivity index (χ0v) is 14.6. The molecule has 0 bridgehead atoms. The molecule has 6 heteroatoms. The standard InChI is InChI=1S/C16H20N4S2/c1-21-15-12-8-6-4-3-5-7-11(12)9-13(18-15)14-10-17-20-16(19-14)22-2/h9-10H,3-8H2,1-2H3. The third-order valence-electron chi connectivity index (χ3n) is 3.98. The Labute approximate surface area is 139 Å². The maximum atomic E-state index is 4.85. The van der Waals surface area contributed by atoms with Crippen molar-refractivity contribution in [2.75, 3.05) is 12.5 Å². The Morgan fingerprint density at radius 1 is 0.909 bits per heavy atom. The Hall–Kier alpha value is -1.14. The van der Waals surface area contributed by atoms with Gasteiger partial charge in [0, 0.05) is 0 Å². The quantitative estimate of drug-likeness (QED) is 0.791. The van der Waals surface area contributed by atoms with Crippen molar-refractivity contribution < 1.29 is 0 Å². The van der Waals surface area contributed by atoms with Crippen LogP contribution in [0.2, 0.25) is 0 Å². The van der Waals surface area contributed by atoms with Gasteiger partial charge in [0.2, 0.25) is 5.16 Å². The highest BCUT2D eigenvalue weighted by Crippen LogP contribution is 2.30. The zero-order chi connectivity index (χ0) is 15.4. The lowest BCUT2D eigenvalue weighted by Gasteiger charge is -2.17. The second-order valence-corrected chi connectivity index (χ2v) is 6.97. The van der Waals surface area contributed by atoms with E-state index >= 15 is 0 Å². The largest absolute Gasteiger partial charge is 0.239 e. The van der Waals surface area contributed by atoms with Gasteiger partial charge in [0.25, 0.3) is 0 Å². The summed E-state index contributed by atoms with van der Waals surface area (Å²) in [6, 6.07) is 2.22. The van der Waals surface area contributed by atoms with E-state index in [0.717, 1.165) is 29.3 Å². The van der Waals surface area contributed by atoms with E-state index in [9.17, 15) is 0 Å². The first kappa shape index (κ1) is 15.7. The maximum absolute atomic E-state index is 4.85. The number of aryl methyl sites for hydroxylation is 1. The van der Waals surface area contributed by atoms with Crippen molar-refractivity contribution in [2.24, 2.45) is 0 Å². The fourth-order valence-corrected chi connectivity index (χ4v) is 3.84. The summed E-state index contributed by atoms with van der Waals surface area (Å²) < 4.78 is 0. The number of nitrogens with zero attached hydrogens (tertiary/aromatic N) is 4. The van der Waals surface area contributed by atoms with Crippen LogP contribution in [0.3, 0.4) is 0 Å². The number of hydrogen-bond acceptors (Lipinski definition) is 6. The second kappa shape index (κ2) is 7.42. The molecule has 0 aliphatic heterocycles. The van der Waals surface area contributed by atoms with Crippen LogP contribution < -0.4 is 0 Å². The highest BCUT2D eigenvalue weighted by Gasteiger charge is 2.16. The molecular formula is C16H20N4S2. The van der Waals surface area contributed by atoms with Gasteiger partial charge in [0.1, 0.15) is 5.69 Å². The van der Waals surface area contributed by atoms with E-state index < -0.39 is 0 Å². The molecule has 2 aromatic rings. The molecule has 0 amide bonds. The number of rotatable bonds is 3. The summed E-state index contributed by atoms with van der Waals surface area (Å²) in [4.78, 5) is 9.39. The van der Waals surface area contributed by atoms with E-state index in [0.29, 0.717) is 5.16 Å². The van der Waals surface area contributed by atoms with Gasteiger partial charge in [-0.05, 0) is 55.4 Å². The summed E-state index contributed by atoms with van der Waals surface area (Å²) in [6.45, 7) is 0. The van der Waals surface area contributed by atoms with Crippen LogP contribution in [0.25, 0.3) is 11.4 Å². The van der Waals surface area contributed by atoms with Gasteiger partial charge in [-0.15, -0.1) is 16.9 Å². The van der Waals surface area contributed by atoms with E-state index in [1.54, 1.807) is 18.0 Å². The van der Waals surface area contributed by atoms with Gasteiger partial charge in [-0.3, -0.25) is 0 Å². The molecule has 22 heavy (non-hydrogen) atoms.